The Balaban J connectivity index is 2.99. The van der Waals surface area contributed by atoms with Crippen LogP contribution in [0.5, 0.6) is 5.75 Å². The third kappa shape index (κ3) is 9.48. The Kier molecular flexibility index (Phi) is 7.21. The molecule has 0 heterocycles. The van der Waals surface area contributed by atoms with Gasteiger partial charge in [-0.05, 0) is 66.2 Å². The van der Waals surface area contributed by atoms with Crippen LogP contribution in [0.3, 0.4) is 0 Å². The van der Waals surface area contributed by atoms with Crippen LogP contribution < -0.4 is 10.6 Å². The van der Waals surface area contributed by atoms with E-state index in [1.54, 1.807) is 60.6 Å². The molecule has 1 unspecified atom stereocenters. The number of hydrogen-bond acceptors (Lipinski definition) is 6. The summed E-state index contributed by atoms with van der Waals surface area (Å²) in [6, 6.07) is 6.04. The van der Waals surface area contributed by atoms with Crippen LogP contribution in [-0.4, -0.2) is 34.5 Å². The molecule has 0 saturated carbocycles. The fraction of sp³-hybridized carbons (Fsp3) is 0.526. The van der Waals surface area contributed by atoms with Gasteiger partial charge in [-0.1, -0.05) is 12.1 Å². The Bertz CT molecular complexity index is 653. The Labute approximate surface area is 160 Å². The number of ether oxygens (including phenoxy) is 2. The summed E-state index contributed by atoms with van der Waals surface area (Å²) in [7, 11) is 0. The van der Waals surface area contributed by atoms with Gasteiger partial charge in [0.15, 0.2) is 0 Å². The van der Waals surface area contributed by atoms with Crippen molar-refractivity contribution in [3.63, 3.8) is 0 Å². The van der Waals surface area contributed by atoms with Crippen molar-refractivity contribution in [3.05, 3.63) is 29.8 Å². The van der Waals surface area contributed by atoms with Crippen LogP contribution >= 0.6 is 0 Å². The molecule has 1 rings (SSSR count). The lowest BCUT2D eigenvalue weighted by Crippen LogP contribution is -2.47. The quantitative estimate of drug-likeness (QED) is 0.534. The monoisotopic (exact) mass is 379 g/mol. The van der Waals surface area contributed by atoms with Crippen molar-refractivity contribution >= 4 is 18.1 Å². The van der Waals surface area contributed by atoms with E-state index in [0.717, 1.165) is 5.56 Å². The third-order valence-electron chi connectivity index (χ3n) is 2.94. The third-order valence-corrected chi connectivity index (χ3v) is 2.94. The summed E-state index contributed by atoms with van der Waals surface area (Å²) < 4.78 is 10.4. The number of nitrogens with zero attached hydrogens (tertiary/aromatic N) is 1. The summed E-state index contributed by atoms with van der Waals surface area (Å²) in [5, 5.41) is 14.3. The maximum absolute atomic E-state index is 12.1. The molecule has 2 amide bonds. The summed E-state index contributed by atoms with van der Waals surface area (Å²) >= 11 is 0. The average molecular weight is 379 g/mol. The molecule has 8 heteroatoms. The summed E-state index contributed by atoms with van der Waals surface area (Å²) in [5.74, 6) is 0.0352. The maximum Gasteiger partial charge on any atom is 0.414 e. The fourth-order valence-corrected chi connectivity index (χ4v) is 1.92. The Morgan fingerprint density at radius 3 is 1.70 bits per heavy atom. The molecule has 0 fully saturated rings. The van der Waals surface area contributed by atoms with E-state index >= 15 is 0 Å². The lowest BCUT2D eigenvalue weighted by Gasteiger charge is -2.22. The number of phenols is 1. The molecular weight excluding hydrogens is 350 g/mol. The van der Waals surface area contributed by atoms with Crippen LogP contribution in [0.15, 0.2) is 29.3 Å². The summed E-state index contributed by atoms with van der Waals surface area (Å²) in [6.45, 7) is 12.1. The van der Waals surface area contributed by atoms with Gasteiger partial charge >= 0.3 is 12.2 Å². The number of benzene rings is 1. The van der Waals surface area contributed by atoms with Gasteiger partial charge in [0.05, 0.1) is 6.04 Å². The molecule has 8 nitrogen and oxygen atoms in total. The van der Waals surface area contributed by atoms with Crippen molar-refractivity contribution in [2.45, 2.75) is 65.7 Å². The number of rotatable bonds is 2. The van der Waals surface area contributed by atoms with Crippen molar-refractivity contribution in [3.8, 4) is 5.75 Å². The number of phenolic OH excluding ortho intramolecular Hbond substituents is 1. The van der Waals surface area contributed by atoms with Crippen LogP contribution in [0.1, 0.15) is 60.1 Å². The van der Waals surface area contributed by atoms with Crippen LogP contribution in [-0.2, 0) is 9.47 Å². The van der Waals surface area contributed by atoms with E-state index in [1.807, 2.05) is 0 Å². The lowest BCUT2D eigenvalue weighted by atomic mass is 10.1. The zero-order valence-electron chi connectivity index (χ0n) is 16.9. The maximum atomic E-state index is 12.1. The van der Waals surface area contributed by atoms with E-state index in [-0.39, 0.29) is 11.7 Å². The molecule has 1 aromatic rings. The summed E-state index contributed by atoms with van der Waals surface area (Å²) in [5.41, 5.74) is -0.629. The second kappa shape index (κ2) is 8.75. The molecule has 0 aliphatic heterocycles. The highest BCUT2D eigenvalue weighted by atomic mass is 16.6. The molecule has 1 aromatic carbocycles. The summed E-state index contributed by atoms with van der Waals surface area (Å²) in [6.07, 6.45) is -1.51. The van der Waals surface area contributed by atoms with Crippen LogP contribution in [0.4, 0.5) is 9.59 Å². The number of aliphatic imine (C=N–C) groups is 1. The van der Waals surface area contributed by atoms with E-state index in [2.05, 4.69) is 15.6 Å². The molecule has 150 valence electrons. The van der Waals surface area contributed by atoms with Crippen molar-refractivity contribution in [1.29, 1.82) is 0 Å². The molecule has 0 aliphatic carbocycles. The minimum Gasteiger partial charge on any atom is -0.508 e. The molecule has 0 radical (unpaired) electrons. The molecule has 27 heavy (non-hydrogen) atoms. The van der Waals surface area contributed by atoms with Gasteiger partial charge in [-0.15, -0.1) is 0 Å². The van der Waals surface area contributed by atoms with Gasteiger partial charge in [-0.3, -0.25) is 10.6 Å². The normalized spacial score (nSPS) is 12.6. The van der Waals surface area contributed by atoms with Gasteiger partial charge in [0, 0.05) is 0 Å². The minimum absolute atomic E-state index is 0.0981. The molecular formula is C19H29N3O5. The highest BCUT2D eigenvalue weighted by Gasteiger charge is 2.21. The highest BCUT2D eigenvalue weighted by Crippen LogP contribution is 2.19. The van der Waals surface area contributed by atoms with Crippen molar-refractivity contribution in [2.75, 3.05) is 0 Å². The number of carbonyl (C=O) groups excluding carboxylic acids is 2. The average Bonchev–Trinajstić information content (AvgIpc) is 2.43. The predicted octanol–water partition coefficient (Wildman–Crippen LogP) is 3.86. The van der Waals surface area contributed by atoms with Gasteiger partial charge < -0.3 is 14.6 Å². The Hall–Kier alpha value is -2.77. The Morgan fingerprint density at radius 2 is 1.33 bits per heavy atom. The molecule has 1 atom stereocenters. The molecule has 3 N–H and O–H groups in total. The standard InChI is InChI=1S/C19H29N3O5/c1-12(13-8-10-14(23)11-9-13)20-15(21-16(24)26-18(2,3)4)22-17(25)27-19(5,6)7/h8-12,23H,1-7H3,(H2,20,21,22,24,25). The minimum atomic E-state index is -0.754. The largest absolute Gasteiger partial charge is 0.508 e. The van der Waals surface area contributed by atoms with E-state index in [4.69, 9.17) is 9.47 Å². The molecule has 0 aliphatic rings. The zero-order valence-corrected chi connectivity index (χ0v) is 16.9. The second-order valence-corrected chi connectivity index (χ2v) is 8.00. The lowest BCUT2D eigenvalue weighted by molar-refractivity contribution is 0.0545. The molecule has 0 spiro atoms. The van der Waals surface area contributed by atoms with E-state index in [9.17, 15) is 14.7 Å². The van der Waals surface area contributed by atoms with E-state index in [0.29, 0.717) is 0 Å². The fourth-order valence-electron chi connectivity index (χ4n) is 1.92. The first-order valence-corrected chi connectivity index (χ1v) is 8.62. The van der Waals surface area contributed by atoms with Crippen molar-refractivity contribution in [2.24, 2.45) is 4.99 Å². The van der Waals surface area contributed by atoms with Gasteiger partial charge in [0.25, 0.3) is 0 Å². The predicted molar refractivity (Wildman–Crippen MR) is 103 cm³/mol. The van der Waals surface area contributed by atoms with Crippen LogP contribution in [0, 0.1) is 0 Å². The number of nitrogens with one attached hydrogen (secondary N) is 2. The van der Waals surface area contributed by atoms with E-state index in [1.165, 1.54) is 12.1 Å². The number of amides is 2. The number of guanidine groups is 1. The number of alkyl carbamates (subject to hydrolysis) is 2. The van der Waals surface area contributed by atoms with Crippen LogP contribution in [0.2, 0.25) is 0 Å². The van der Waals surface area contributed by atoms with Crippen molar-refractivity contribution in [1.82, 2.24) is 10.6 Å². The number of hydrogen-bond donors (Lipinski definition) is 3. The Morgan fingerprint density at radius 1 is 0.926 bits per heavy atom. The molecule has 0 saturated heterocycles. The first kappa shape index (κ1) is 22.3. The van der Waals surface area contributed by atoms with Gasteiger partial charge in [0.1, 0.15) is 17.0 Å². The second-order valence-electron chi connectivity index (χ2n) is 8.00. The SMILES string of the molecule is CC(N=C(NC(=O)OC(C)(C)C)NC(=O)OC(C)(C)C)c1ccc(O)cc1. The number of aromatic hydroxyl groups is 1. The van der Waals surface area contributed by atoms with Crippen molar-refractivity contribution < 1.29 is 24.2 Å². The molecule has 0 aromatic heterocycles. The van der Waals surface area contributed by atoms with E-state index < -0.39 is 29.4 Å². The number of carbonyl (C=O) groups is 2. The zero-order chi connectivity index (χ0) is 20.8. The smallest absolute Gasteiger partial charge is 0.414 e. The first-order valence-electron chi connectivity index (χ1n) is 8.62. The van der Waals surface area contributed by atoms with Gasteiger partial charge in [-0.25, -0.2) is 14.6 Å². The first-order chi connectivity index (χ1) is 12.2. The van der Waals surface area contributed by atoms with Gasteiger partial charge in [-0.2, -0.15) is 0 Å². The topological polar surface area (TPSA) is 109 Å². The highest BCUT2D eigenvalue weighted by molar-refractivity contribution is 6.01. The molecule has 0 bridgehead atoms. The van der Waals surface area contributed by atoms with Gasteiger partial charge in [0.2, 0.25) is 5.96 Å². The summed E-state index contributed by atoms with van der Waals surface area (Å²) in [4.78, 5) is 28.4. The van der Waals surface area contributed by atoms with Crippen LogP contribution in [0.25, 0.3) is 0 Å².